The van der Waals surface area contributed by atoms with Crippen molar-refractivity contribution in [2.24, 2.45) is 5.16 Å². The van der Waals surface area contributed by atoms with Crippen molar-refractivity contribution < 1.29 is 37.8 Å². The fraction of sp³-hybridized carbons (Fsp3) is 0.250. The molecule has 0 spiro atoms. The third-order valence-electron chi connectivity index (χ3n) is 2.30. The van der Waals surface area contributed by atoms with Crippen LogP contribution in [0.15, 0.2) is 11.2 Å². The van der Waals surface area contributed by atoms with Gasteiger partial charge in [-0.05, 0) is 12.5 Å². The average Bonchev–Trinajstić information content (AvgIpc) is 2.41. The van der Waals surface area contributed by atoms with Crippen LogP contribution >= 0.6 is 0 Å². The summed E-state index contributed by atoms with van der Waals surface area (Å²) < 4.78 is 39.6. The lowest BCUT2D eigenvalue weighted by molar-refractivity contribution is -0.137. The number of carboxylic acid groups (broad SMARTS) is 2. The van der Waals surface area contributed by atoms with Gasteiger partial charge in [0, 0.05) is 12.0 Å². The number of rotatable bonds is 7. The standard InChI is InChI=1S/C12H10F3NO5/c13-9-6(5-16-21-3-1-2-8(17)18)4-7(12(19)20)10(14)11(9)15/h4-5H,1-3H2,(H,17,18)(H,19,20)/b16-5+. The lowest BCUT2D eigenvalue weighted by Crippen LogP contribution is -2.08. The van der Waals surface area contributed by atoms with E-state index < -0.39 is 40.5 Å². The zero-order valence-corrected chi connectivity index (χ0v) is 10.5. The van der Waals surface area contributed by atoms with E-state index in [2.05, 4.69) is 9.99 Å². The fourth-order valence-corrected chi connectivity index (χ4v) is 1.31. The minimum atomic E-state index is -1.93. The summed E-state index contributed by atoms with van der Waals surface area (Å²) in [6.45, 7) is -0.0834. The highest BCUT2D eigenvalue weighted by molar-refractivity contribution is 5.91. The Hall–Kier alpha value is -2.58. The van der Waals surface area contributed by atoms with Crippen LogP contribution in [-0.4, -0.2) is 35.0 Å². The van der Waals surface area contributed by atoms with Crippen molar-refractivity contribution in [3.63, 3.8) is 0 Å². The van der Waals surface area contributed by atoms with Crippen molar-refractivity contribution in [3.05, 3.63) is 34.6 Å². The van der Waals surface area contributed by atoms with Gasteiger partial charge in [-0.15, -0.1) is 0 Å². The molecule has 1 rings (SSSR count). The first-order chi connectivity index (χ1) is 9.84. The van der Waals surface area contributed by atoms with Crippen LogP contribution in [0.25, 0.3) is 0 Å². The van der Waals surface area contributed by atoms with Gasteiger partial charge in [0.25, 0.3) is 0 Å². The summed E-state index contributed by atoms with van der Waals surface area (Å²) in [6.07, 6.45) is 0.663. The zero-order chi connectivity index (χ0) is 16.0. The second-order valence-electron chi connectivity index (χ2n) is 3.83. The minimum Gasteiger partial charge on any atom is -0.481 e. The number of oxime groups is 1. The second-order valence-corrected chi connectivity index (χ2v) is 3.83. The molecule has 2 N–H and O–H groups in total. The Morgan fingerprint density at radius 3 is 2.43 bits per heavy atom. The molecule has 0 radical (unpaired) electrons. The van der Waals surface area contributed by atoms with E-state index in [1.807, 2.05) is 0 Å². The molecule has 0 bridgehead atoms. The van der Waals surface area contributed by atoms with Gasteiger partial charge in [-0.1, -0.05) is 5.16 Å². The van der Waals surface area contributed by atoms with Gasteiger partial charge in [0.15, 0.2) is 17.5 Å². The van der Waals surface area contributed by atoms with Gasteiger partial charge in [0.2, 0.25) is 0 Å². The highest BCUT2D eigenvalue weighted by atomic mass is 19.2. The summed E-state index contributed by atoms with van der Waals surface area (Å²) in [6, 6.07) is 0.570. The Morgan fingerprint density at radius 2 is 1.86 bits per heavy atom. The molecule has 1 aromatic carbocycles. The molecule has 0 heterocycles. The molecule has 21 heavy (non-hydrogen) atoms. The van der Waals surface area contributed by atoms with Crippen LogP contribution in [0, 0.1) is 17.5 Å². The largest absolute Gasteiger partial charge is 0.481 e. The van der Waals surface area contributed by atoms with Gasteiger partial charge in [-0.3, -0.25) is 4.79 Å². The SMILES string of the molecule is O=C(O)CCCO/N=C/c1cc(C(=O)O)c(F)c(F)c1F. The van der Waals surface area contributed by atoms with Crippen molar-refractivity contribution in [1.82, 2.24) is 0 Å². The van der Waals surface area contributed by atoms with E-state index in [1.165, 1.54) is 0 Å². The maximum atomic E-state index is 13.4. The smallest absolute Gasteiger partial charge is 0.338 e. The topological polar surface area (TPSA) is 96.2 Å². The Bertz CT molecular complexity index is 589. The van der Waals surface area contributed by atoms with E-state index in [1.54, 1.807) is 0 Å². The van der Waals surface area contributed by atoms with Gasteiger partial charge in [-0.2, -0.15) is 0 Å². The molecule has 0 saturated heterocycles. The highest BCUT2D eigenvalue weighted by Crippen LogP contribution is 2.18. The predicted molar refractivity (Wildman–Crippen MR) is 63.7 cm³/mol. The van der Waals surface area contributed by atoms with Crippen molar-refractivity contribution in [1.29, 1.82) is 0 Å². The number of aliphatic carboxylic acids is 1. The first-order valence-electron chi connectivity index (χ1n) is 5.62. The minimum absolute atomic E-state index is 0.0834. The van der Waals surface area contributed by atoms with E-state index in [9.17, 15) is 22.8 Å². The molecule has 0 aliphatic rings. The van der Waals surface area contributed by atoms with Gasteiger partial charge in [0.1, 0.15) is 6.61 Å². The zero-order valence-electron chi connectivity index (χ0n) is 10.5. The molecule has 0 aliphatic carbocycles. The Kier molecular flexibility index (Phi) is 5.70. The van der Waals surface area contributed by atoms with Crippen LogP contribution in [0.3, 0.4) is 0 Å². The molecule has 0 aliphatic heterocycles. The lowest BCUT2D eigenvalue weighted by Gasteiger charge is -2.03. The maximum absolute atomic E-state index is 13.4. The number of carbonyl (C=O) groups is 2. The van der Waals surface area contributed by atoms with E-state index in [-0.39, 0.29) is 19.4 Å². The molecule has 0 atom stereocenters. The van der Waals surface area contributed by atoms with Crippen LogP contribution in [-0.2, 0) is 9.63 Å². The van der Waals surface area contributed by atoms with Crippen molar-refractivity contribution >= 4 is 18.2 Å². The molecular formula is C12H10F3NO5. The molecule has 0 unspecified atom stereocenters. The molecule has 0 aromatic heterocycles. The Balaban J connectivity index is 2.79. The third kappa shape index (κ3) is 4.48. The molecule has 6 nitrogen and oxygen atoms in total. The van der Waals surface area contributed by atoms with E-state index in [0.717, 1.165) is 0 Å². The van der Waals surface area contributed by atoms with E-state index >= 15 is 0 Å². The second kappa shape index (κ2) is 7.27. The maximum Gasteiger partial charge on any atom is 0.338 e. The van der Waals surface area contributed by atoms with Gasteiger partial charge < -0.3 is 15.1 Å². The Morgan fingerprint density at radius 1 is 1.19 bits per heavy atom. The molecule has 0 fully saturated rings. The fourth-order valence-electron chi connectivity index (χ4n) is 1.31. The molecular weight excluding hydrogens is 295 g/mol. The van der Waals surface area contributed by atoms with Crippen LogP contribution in [0.1, 0.15) is 28.8 Å². The number of hydrogen-bond donors (Lipinski definition) is 2. The number of halogens is 3. The first kappa shape index (κ1) is 16.5. The van der Waals surface area contributed by atoms with Crippen LogP contribution < -0.4 is 0 Å². The molecule has 0 saturated carbocycles. The van der Waals surface area contributed by atoms with Crippen molar-refractivity contribution in [2.45, 2.75) is 12.8 Å². The quantitative estimate of drug-likeness (QED) is 0.348. The van der Waals surface area contributed by atoms with Crippen LogP contribution in [0.2, 0.25) is 0 Å². The molecule has 114 valence electrons. The molecule has 9 heteroatoms. The first-order valence-corrected chi connectivity index (χ1v) is 5.62. The van der Waals surface area contributed by atoms with E-state index in [0.29, 0.717) is 12.3 Å². The monoisotopic (exact) mass is 305 g/mol. The average molecular weight is 305 g/mol. The predicted octanol–water partition coefficient (Wildman–Crippen LogP) is 2.02. The number of benzene rings is 1. The summed E-state index contributed by atoms with van der Waals surface area (Å²) in [5, 5.41) is 20.2. The molecule has 0 amide bonds. The highest BCUT2D eigenvalue weighted by Gasteiger charge is 2.21. The Labute approximate surface area is 116 Å². The van der Waals surface area contributed by atoms with Gasteiger partial charge in [-0.25, -0.2) is 18.0 Å². The normalized spacial score (nSPS) is 10.8. The van der Waals surface area contributed by atoms with Crippen molar-refractivity contribution in [3.8, 4) is 0 Å². The van der Waals surface area contributed by atoms with Crippen LogP contribution in [0.5, 0.6) is 0 Å². The summed E-state index contributed by atoms with van der Waals surface area (Å²) >= 11 is 0. The number of hydrogen-bond acceptors (Lipinski definition) is 4. The number of carboxylic acids is 2. The van der Waals surface area contributed by atoms with E-state index in [4.69, 9.17) is 10.2 Å². The number of nitrogens with zero attached hydrogens (tertiary/aromatic N) is 1. The summed E-state index contributed by atoms with van der Waals surface area (Å²) in [5.41, 5.74) is -1.65. The summed E-state index contributed by atoms with van der Waals surface area (Å²) in [4.78, 5) is 25.4. The lowest BCUT2D eigenvalue weighted by atomic mass is 10.1. The summed E-state index contributed by atoms with van der Waals surface area (Å²) in [7, 11) is 0. The van der Waals surface area contributed by atoms with Crippen molar-refractivity contribution in [2.75, 3.05) is 6.61 Å². The summed E-state index contributed by atoms with van der Waals surface area (Å²) in [5.74, 6) is -8.12. The van der Waals surface area contributed by atoms with Gasteiger partial charge >= 0.3 is 11.9 Å². The van der Waals surface area contributed by atoms with Crippen LogP contribution in [0.4, 0.5) is 13.2 Å². The molecule has 1 aromatic rings. The number of aromatic carboxylic acids is 1. The third-order valence-corrected chi connectivity index (χ3v) is 2.30. The van der Waals surface area contributed by atoms with Gasteiger partial charge in [0.05, 0.1) is 11.8 Å².